The van der Waals surface area contributed by atoms with Gasteiger partial charge in [0.1, 0.15) is 11.9 Å². The first-order chi connectivity index (χ1) is 11.1. The molecule has 0 aliphatic heterocycles. The molecule has 0 radical (unpaired) electrons. The van der Waals surface area contributed by atoms with Crippen LogP contribution in [0.15, 0.2) is 48.7 Å². The van der Waals surface area contributed by atoms with E-state index in [9.17, 15) is 4.79 Å². The van der Waals surface area contributed by atoms with Crippen LogP contribution in [0.5, 0.6) is 0 Å². The first kappa shape index (κ1) is 17.0. The summed E-state index contributed by atoms with van der Waals surface area (Å²) in [6.45, 7) is 2.61. The summed E-state index contributed by atoms with van der Waals surface area (Å²) in [5, 5.41) is 2.90. The van der Waals surface area contributed by atoms with Gasteiger partial charge < -0.3 is 15.0 Å². The molecule has 2 aromatic rings. The average molecular weight is 313 g/mol. The molecule has 1 heterocycles. The van der Waals surface area contributed by atoms with E-state index in [2.05, 4.69) is 10.3 Å². The van der Waals surface area contributed by atoms with Gasteiger partial charge in [-0.2, -0.15) is 0 Å². The quantitative estimate of drug-likeness (QED) is 0.852. The number of pyridine rings is 1. The van der Waals surface area contributed by atoms with Crippen LogP contribution in [0.1, 0.15) is 18.1 Å². The van der Waals surface area contributed by atoms with Crippen molar-refractivity contribution in [3.8, 4) is 0 Å². The minimum absolute atomic E-state index is 0.130. The molecule has 1 aromatic carbocycles. The summed E-state index contributed by atoms with van der Waals surface area (Å²) >= 11 is 0. The Balaban J connectivity index is 1.85. The Kier molecular flexibility index (Phi) is 6.11. The van der Waals surface area contributed by atoms with E-state index >= 15 is 0 Å². The number of anilines is 1. The summed E-state index contributed by atoms with van der Waals surface area (Å²) in [5.41, 5.74) is 2.02. The van der Waals surface area contributed by atoms with Gasteiger partial charge in [-0.05, 0) is 18.6 Å². The van der Waals surface area contributed by atoms with Crippen LogP contribution in [0, 0.1) is 0 Å². The van der Waals surface area contributed by atoms with Crippen molar-refractivity contribution in [1.29, 1.82) is 0 Å². The number of hydrogen-bond acceptors (Lipinski definition) is 4. The van der Waals surface area contributed by atoms with E-state index in [-0.39, 0.29) is 5.91 Å². The predicted molar refractivity (Wildman–Crippen MR) is 91.1 cm³/mol. The third-order valence-corrected chi connectivity index (χ3v) is 3.46. The Labute approximate surface area is 137 Å². The summed E-state index contributed by atoms with van der Waals surface area (Å²) in [4.78, 5) is 18.4. The van der Waals surface area contributed by atoms with Crippen LogP contribution in [0.4, 0.5) is 5.82 Å². The molecule has 122 valence electrons. The molecule has 0 fully saturated rings. The molecule has 2 rings (SSSR count). The number of carbonyl (C=O) groups is 1. The lowest BCUT2D eigenvalue weighted by Gasteiger charge is -2.17. The zero-order valence-electron chi connectivity index (χ0n) is 13.8. The maximum atomic E-state index is 12.1. The van der Waals surface area contributed by atoms with Crippen molar-refractivity contribution < 1.29 is 9.53 Å². The number of rotatable bonds is 7. The molecule has 1 N–H and O–H groups in total. The monoisotopic (exact) mass is 313 g/mol. The minimum Gasteiger partial charge on any atom is -0.364 e. The lowest BCUT2D eigenvalue weighted by molar-refractivity contribution is -0.132. The Morgan fingerprint density at radius 3 is 2.65 bits per heavy atom. The highest BCUT2D eigenvalue weighted by Gasteiger charge is 2.14. The fraction of sp³-hybridized carbons (Fsp3) is 0.333. The molecule has 0 aliphatic carbocycles. The summed E-state index contributed by atoms with van der Waals surface area (Å²) in [5.74, 6) is 0.722. The highest BCUT2D eigenvalue weighted by atomic mass is 16.5. The molecule has 0 saturated heterocycles. The maximum absolute atomic E-state index is 12.1. The number of nitrogens with zero attached hydrogens (tertiary/aromatic N) is 2. The molecule has 1 aromatic heterocycles. The molecule has 1 amide bonds. The summed E-state index contributed by atoms with van der Waals surface area (Å²) in [6.07, 6.45) is 1.24. The van der Waals surface area contributed by atoms with E-state index in [4.69, 9.17) is 4.74 Å². The van der Waals surface area contributed by atoms with Gasteiger partial charge in [-0.3, -0.25) is 4.79 Å². The highest BCUT2D eigenvalue weighted by molar-refractivity contribution is 5.80. The van der Waals surface area contributed by atoms with Gasteiger partial charge in [-0.25, -0.2) is 4.98 Å². The molecular formula is C18H23N3O2. The number of carbonyl (C=O) groups excluding carboxylic acids is 1. The summed E-state index contributed by atoms with van der Waals surface area (Å²) in [6, 6.07) is 13.6. The zero-order valence-corrected chi connectivity index (χ0v) is 13.8. The van der Waals surface area contributed by atoms with Gasteiger partial charge in [0.05, 0.1) is 6.61 Å². The van der Waals surface area contributed by atoms with Gasteiger partial charge in [0, 0.05) is 32.4 Å². The van der Waals surface area contributed by atoms with Crippen molar-refractivity contribution in [3.05, 3.63) is 59.8 Å². The molecule has 23 heavy (non-hydrogen) atoms. The Morgan fingerprint density at radius 1 is 1.22 bits per heavy atom. The van der Waals surface area contributed by atoms with Crippen molar-refractivity contribution in [2.45, 2.75) is 26.2 Å². The predicted octanol–water partition coefficient (Wildman–Crippen LogP) is 2.37. The molecule has 0 spiro atoms. The number of aromatic nitrogens is 1. The smallest absolute Gasteiger partial charge is 0.249 e. The average Bonchev–Trinajstić information content (AvgIpc) is 2.58. The number of hydrogen-bond donors (Lipinski definition) is 1. The second-order valence-electron chi connectivity index (χ2n) is 5.54. The third-order valence-electron chi connectivity index (χ3n) is 3.46. The second-order valence-corrected chi connectivity index (χ2v) is 5.54. The van der Waals surface area contributed by atoms with E-state index < -0.39 is 6.10 Å². The van der Waals surface area contributed by atoms with Crippen LogP contribution in [-0.2, 0) is 22.7 Å². The molecule has 0 bridgehead atoms. The van der Waals surface area contributed by atoms with Crippen molar-refractivity contribution in [2.24, 2.45) is 0 Å². The van der Waals surface area contributed by atoms with Gasteiger partial charge in [0.25, 0.3) is 0 Å². The standard InChI is InChI=1S/C18H23N3O2/c1-14(23-13-15-8-5-4-6-9-15)18(22)20-12-16-10-7-11-19-17(16)21(2)3/h4-11,14H,12-13H2,1-3H3,(H,20,22)/t14-/m0/s1. The van der Waals surface area contributed by atoms with Crippen molar-refractivity contribution >= 4 is 11.7 Å². The van der Waals surface area contributed by atoms with E-state index in [1.807, 2.05) is 61.5 Å². The lowest BCUT2D eigenvalue weighted by atomic mass is 10.2. The van der Waals surface area contributed by atoms with E-state index in [1.54, 1.807) is 13.1 Å². The SMILES string of the molecule is C[C@H](OCc1ccccc1)C(=O)NCc1cccnc1N(C)C. The topological polar surface area (TPSA) is 54.5 Å². The molecule has 0 saturated carbocycles. The Morgan fingerprint density at radius 2 is 1.96 bits per heavy atom. The highest BCUT2D eigenvalue weighted by Crippen LogP contribution is 2.14. The molecule has 0 aliphatic rings. The van der Waals surface area contributed by atoms with Crippen molar-refractivity contribution in [2.75, 3.05) is 19.0 Å². The summed E-state index contributed by atoms with van der Waals surface area (Å²) < 4.78 is 5.62. The van der Waals surface area contributed by atoms with Crippen LogP contribution in [0.25, 0.3) is 0 Å². The van der Waals surface area contributed by atoms with E-state index in [0.29, 0.717) is 13.2 Å². The number of amides is 1. The van der Waals surface area contributed by atoms with Crippen LogP contribution >= 0.6 is 0 Å². The first-order valence-corrected chi connectivity index (χ1v) is 7.62. The van der Waals surface area contributed by atoms with E-state index in [1.165, 1.54) is 0 Å². The van der Waals surface area contributed by atoms with Gasteiger partial charge in [0.2, 0.25) is 5.91 Å². The normalized spacial score (nSPS) is 11.8. The third kappa shape index (κ3) is 5.07. The lowest BCUT2D eigenvalue weighted by Crippen LogP contribution is -2.34. The van der Waals surface area contributed by atoms with Crippen LogP contribution in [0.2, 0.25) is 0 Å². The number of ether oxygens (including phenoxy) is 1. The molecule has 5 nitrogen and oxygen atoms in total. The first-order valence-electron chi connectivity index (χ1n) is 7.62. The van der Waals surface area contributed by atoms with Crippen LogP contribution in [0.3, 0.4) is 0 Å². The molecule has 1 atom stereocenters. The Bertz CT molecular complexity index is 629. The van der Waals surface area contributed by atoms with Crippen LogP contribution in [-0.4, -0.2) is 31.1 Å². The molecular weight excluding hydrogens is 290 g/mol. The molecule has 0 unspecified atom stereocenters. The maximum Gasteiger partial charge on any atom is 0.249 e. The fourth-order valence-corrected chi connectivity index (χ4v) is 2.17. The van der Waals surface area contributed by atoms with Crippen molar-refractivity contribution in [1.82, 2.24) is 10.3 Å². The second kappa shape index (κ2) is 8.29. The fourth-order valence-electron chi connectivity index (χ4n) is 2.17. The zero-order chi connectivity index (χ0) is 16.7. The van der Waals surface area contributed by atoms with E-state index in [0.717, 1.165) is 16.9 Å². The number of benzene rings is 1. The largest absolute Gasteiger partial charge is 0.364 e. The van der Waals surface area contributed by atoms with Gasteiger partial charge in [-0.1, -0.05) is 36.4 Å². The number of nitrogens with one attached hydrogen (secondary N) is 1. The summed E-state index contributed by atoms with van der Waals surface area (Å²) in [7, 11) is 3.86. The Hall–Kier alpha value is -2.40. The van der Waals surface area contributed by atoms with Gasteiger partial charge in [-0.15, -0.1) is 0 Å². The minimum atomic E-state index is -0.505. The van der Waals surface area contributed by atoms with Crippen molar-refractivity contribution in [3.63, 3.8) is 0 Å². The van der Waals surface area contributed by atoms with Gasteiger partial charge in [0.15, 0.2) is 0 Å². The van der Waals surface area contributed by atoms with Gasteiger partial charge >= 0.3 is 0 Å². The molecule has 5 heteroatoms. The van der Waals surface area contributed by atoms with Crippen LogP contribution < -0.4 is 10.2 Å².